The maximum Gasteiger partial charge on any atom is 0.0846 e. The Morgan fingerprint density at radius 3 is 3.00 bits per heavy atom. The standard InChI is InChI=1S/C15H23NO2/c1-3-17-11-15(2,16)10-14-13-7-5-4-6-12(13)8-9-18-14/h4-7,14H,3,8-11,16H2,1-2H3. The van der Waals surface area contributed by atoms with Gasteiger partial charge in [0.1, 0.15) is 0 Å². The molecule has 1 aromatic carbocycles. The summed E-state index contributed by atoms with van der Waals surface area (Å²) in [7, 11) is 0. The molecular formula is C15H23NO2. The van der Waals surface area contributed by atoms with Crippen molar-refractivity contribution in [2.75, 3.05) is 19.8 Å². The highest BCUT2D eigenvalue weighted by atomic mass is 16.5. The molecular weight excluding hydrogens is 226 g/mol. The quantitative estimate of drug-likeness (QED) is 0.871. The topological polar surface area (TPSA) is 44.5 Å². The molecule has 18 heavy (non-hydrogen) atoms. The Hall–Kier alpha value is -0.900. The van der Waals surface area contributed by atoms with Crippen LogP contribution in [0.4, 0.5) is 0 Å². The van der Waals surface area contributed by atoms with Crippen molar-refractivity contribution in [3.05, 3.63) is 35.4 Å². The number of hydrogen-bond donors (Lipinski definition) is 1. The van der Waals surface area contributed by atoms with Gasteiger partial charge in [-0.3, -0.25) is 0 Å². The molecule has 3 heteroatoms. The summed E-state index contributed by atoms with van der Waals surface area (Å²) < 4.78 is 11.3. The van der Waals surface area contributed by atoms with Crippen molar-refractivity contribution in [3.8, 4) is 0 Å². The van der Waals surface area contributed by atoms with E-state index in [2.05, 4.69) is 24.3 Å². The van der Waals surface area contributed by atoms with Crippen LogP contribution in [0, 0.1) is 0 Å². The van der Waals surface area contributed by atoms with E-state index in [9.17, 15) is 0 Å². The predicted molar refractivity (Wildman–Crippen MR) is 72.5 cm³/mol. The van der Waals surface area contributed by atoms with E-state index in [0.717, 1.165) is 19.4 Å². The summed E-state index contributed by atoms with van der Waals surface area (Å²) in [5, 5.41) is 0. The van der Waals surface area contributed by atoms with Crippen LogP contribution in [0.5, 0.6) is 0 Å². The molecule has 0 aromatic heterocycles. The van der Waals surface area contributed by atoms with Gasteiger partial charge in [-0.15, -0.1) is 0 Å². The molecule has 0 saturated carbocycles. The Bertz CT molecular complexity index is 390. The minimum Gasteiger partial charge on any atom is -0.380 e. The summed E-state index contributed by atoms with van der Waals surface area (Å²) in [6.07, 6.45) is 1.90. The van der Waals surface area contributed by atoms with Gasteiger partial charge in [0, 0.05) is 12.1 Å². The lowest BCUT2D eigenvalue weighted by Gasteiger charge is -2.33. The van der Waals surface area contributed by atoms with Crippen molar-refractivity contribution in [1.82, 2.24) is 0 Å². The number of fused-ring (bicyclic) bond motifs is 1. The maximum absolute atomic E-state index is 6.29. The first-order valence-electron chi connectivity index (χ1n) is 6.68. The van der Waals surface area contributed by atoms with E-state index in [1.165, 1.54) is 11.1 Å². The molecule has 2 N–H and O–H groups in total. The Kier molecular flexibility index (Phi) is 4.38. The number of benzene rings is 1. The Balaban J connectivity index is 2.06. The molecule has 2 rings (SSSR count). The van der Waals surface area contributed by atoms with Gasteiger partial charge in [0.2, 0.25) is 0 Å². The van der Waals surface area contributed by atoms with Crippen molar-refractivity contribution in [2.24, 2.45) is 5.73 Å². The number of rotatable bonds is 5. The molecule has 1 aliphatic heterocycles. The average molecular weight is 249 g/mol. The molecule has 0 radical (unpaired) electrons. The van der Waals surface area contributed by atoms with Gasteiger partial charge in [0.25, 0.3) is 0 Å². The highest BCUT2D eigenvalue weighted by Crippen LogP contribution is 2.32. The van der Waals surface area contributed by atoms with E-state index in [4.69, 9.17) is 15.2 Å². The molecule has 100 valence electrons. The van der Waals surface area contributed by atoms with Crippen LogP contribution in [-0.2, 0) is 15.9 Å². The highest BCUT2D eigenvalue weighted by Gasteiger charge is 2.28. The van der Waals surface area contributed by atoms with Gasteiger partial charge in [0.15, 0.2) is 0 Å². The number of nitrogens with two attached hydrogens (primary N) is 1. The van der Waals surface area contributed by atoms with Gasteiger partial charge in [-0.1, -0.05) is 24.3 Å². The molecule has 1 aliphatic rings. The van der Waals surface area contributed by atoms with Gasteiger partial charge in [-0.05, 0) is 37.8 Å². The van der Waals surface area contributed by atoms with Crippen LogP contribution in [0.1, 0.15) is 37.5 Å². The molecule has 0 fully saturated rings. The van der Waals surface area contributed by atoms with Crippen LogP contribution < -0.4 is 5.73 Å². The summed E-state index contributed by atoms with van der Waals surface area (Å²) in [6.45, 7) is 6.08. The summed E-state index contributed by atoms with van der Waals surface area (Å²) in [4.78, 5) is 0. The summed E-state index contributed by atoms with van der Waals surface area (Å²) >= 11 is 0. The Morgan fingerprint density at radius 1 is 1.44 bits per heavy atom. The van der Waals surface area contributed by atoms with E-state index in [-0.39, 0.29) is 11.6 Å². The highest BCUT2D eigenvalue weighted by molar-refractivity contribution is 5.31. The van der Waals surface area contributed by atoms with Crippen molar-refractivity contribution in [2.45, 2.75) is 38.3 Å². The molecule has 0 bridgehead atoms. The fourth-order valence-corrected chi connectivity index (χ4v) is 2.46. The van der Waals surface area contributed by atoms with E-state index in [0.29, 0.717) is 13.2 Å². The third kappa shape index (κ3) is 3.31. The summed E-state index contributed by atoms with van der Waals surface area (Å²) in [5.74, 6) is 0. The lowest BCUT2D eigenvalue weighted by Crippen LogP contribution is -2.43. The predicted octanol–water partition coefficient (Wildman–Crippen LogP) is 2.44. The van der Waals surface area contributed by atoms with Crippen LogP contribution >= 0.6 is 0 Å². The average Bonchev–Trinajstić information content (AvgIpc) is 2.37. The van der Waals surface area contributed by atoms with Crippen LogP contribution in [0.3, 0.4) is 0 Å². The summed E-state index contributed by atoms with van der Waals surface area (Å²) in [6, 6.07) is 8.48. The molecule has 3 nitrogen and oxygen atoms in total. The molecule has 2 atom stereocenters. The molecule has 1 aromatic rings. The van der Waals surface area contributed by atoms with E-state index in [1.807, 2.05) is 13.8 Å². The summed E-state index contributed by atoms with van der Waals surface area (Å²) in [5.41, 5.74) is 8.62. The zero-order valence-electron chi connectivity index (χ0n) is 11.3. The molecule has 0 amide bonds. The number of hydrogen-bond acceptors (Lipinski definition) is 3. The van der Waals surface area contributed by atoms with Crippen molar-refractivity contribution >= 4 is 0 Å². The van der Waals surface area contributed by atoms with Crippen LogP contribution in [-0.4, -0.2) is 25.4 Å². The fourth-order valence-electron chi connectivity index (χ4n) is 2.46. The Labute approximate surface area is 109 Å². The first-order chi connectivity index (χ1) is 8.62. The second kappa shape index (κ2) is 5.83. The minimum absolute atomic E-state index is 0.102. The minimum atomic E-state index is -0.342. The third-order valence-electron chi connectivity index (χ3n) is 3.38. The van der Waals surface area contributed by atoms with Gasteiger partial charge >= 0.3 is 0 Å². The molecule has 0 saturated heterocycles. The van der Waals surface area contributed by atoms with Gasteiger partial charge in [-0.2, -0.15) is 0 Å². The molecule has 2 unspecified atom stereocenters. The van der Waals surface area contributed by atoms with E-state index in [1.54, 1.807) is 0 Å². The SMILES string of the molecule is CCOCC(C)(N)CC1OCCc2ccccc21. The van der Waals surface area contributed by atoms with Crippen LogP contribution in [0.25, 0.3) is 0 Å². The lowest BCUT2D eigenvalue weighted by molar-refractivity contribution is 0.00581. The van der Waals surface area contributed by atoms with Crippen molar-refractivity contribution in [1.29, 1.82) is 0 Å². The lowest BCUT2D eigenvalue weighted by atomic mass is 9.88. The van der Waals surface area contributed by atoms with Gasteiger partial charge in [-0.25, -0.2) is 0 Å². The number of ether oxygens (including phenoxy) is 2. The van der Waals surface area contributed by atoms with E-state index < -0.39 is 0 Å². The van der Waals surface area contributed by atoms with Crippen LogP contribution in [0.2, 0.25) is 0 Å². The van der Waals surface area contributed by atoms with Gasteiger partial charge in [0.05, 0.1) is 19.3 Å². The third-order valence-corrected chi connectivity index (χ3v) is 3.38. The second-order valence-electron chi connectivity index (χ2n) is 5.30. The smallest absolute Gasteiger partial charge is 0.0846 e. The first-order valence-corrected chi connectivity index (χ1v) is 6.68. The molecule has 0 aliphatic carbocycles. The Morgan fingerprint density at radius 2 is 2.22 bits per heavy atom. The normalized spacial score (nSPS) is 22.3. The largest absolute Gasteiger partial charge is 0.380 e. The van der Waals surface area contributed by atoms with Gasteiger partial charge < -0.3 is 15.2 Å². The molecule has 0 spiro atoms. The maximum atomic E-state index is 6.29. The monoisotopic (exact) mass is 249 g/mol. The zero-order chi connectivity index (χ0) is 13.0. The van der Waals surface area contributed by atoms with Crippen molar-refractivity contribution < 1.29 is 9.47 Å². The second-order valence-corrected chi connectivity index (χ2v) is 5.30. The van der Waals surface area contributed by atoms with Crippen molar-refractivity contribution in [3.63, 3.8) is 0 Å². The first kappa shape index (κ1) is 13.5. The molecule has 1 heterocycles. The zero-order valence-corrected chi connectivity index (χ0v) is 11.3. The van der Waals surface area contributed by atoms with Crippen LogP contribution in [0.15, 0.2) is 24.3 Å². The van der Waals surface area contributed by atoms with E-state index >= 15 is 0 Å². The fraction of sp³-hybridized carbons (Fsp3) is 0.600.